The molecule has 1 aromatic carbocycles. The molecule has 0 aliphatic rings. The van der Waals surface area contributed by atoms with Crippen molar-refractivity contribution in [3.8, 4) is 0 Å². The van der Waals surface area contributed by atoms with Gasteiger partial charge in [-0.2, -0.15) is 0 Å². The number of aromatic nitrogens is 1. The lowest BCUT2D eigenvalue weighted by atomic mass is 10.1. The Morgan fingerprint density at radius 3 is 2.58 bits per heavy atom. The maximum absolute atomic E-state index is 3.59. The van der Waals surface area contributed by atoms with Crippen molar-refractivity contribution in [1.82, 2.24) is 9.88 Å². The molecular formula is C16H21BrN2. The molecule has 0 radical (unpaired) electrons. The van der Waals surface area contributed by atoms with Gasteiger partial charge in [0.05, 0.1) is 0 Å². The molecule has 1 atom stereocenters. The van der Waals surface area contributed by atoms with E-state index >= 15 is 0 Å². The van der Waals surface area contributed by atoms with Crippen LogP contribution in [0.2, 0.25) is 0 Å². The summed E-state index contributed by atoms with van der Waals surface area (Å²) in [5, 5.41) is 3.59. The minimum atomic E-state index is 0.345. The maximum Gasteiger partial charge on any atom is 0.0295 e. The van der Waals surface area contributed by atoms with Crippen LogP contribution in [0.5, 0.6) is 0 Å². The third kappa shape index (κ3) is 3.28. The lowest BCUT2D eigenvalue weighted by molar-refractivity contribution is 0.572. The van der Waals surface area contributed by atoms with Gasteiger partial charge >= 0.3 is 0 Å². The third-order valence-electron chi connectivity index (χ3n) is 3.83. The second kappa shape index (κ2) is 5.93. The van der Waals surface area contributed by atoms with E-state index in [1.807, 2.05) is 0 Å². The highest BCUT2D eigenvalue weighted by molar-refractivity contribution is 9.10. The van der Waals surface area contributed by atoms with Crippen LogP contribution in [-0.2, 0) is 13.6 Å². The van der Waals surface area contributed by atoms with Gasteiger partial charge < -0.3 is 9.88 Å². The zero-order chi connectivity index (χ0) is 14.0. The predicted octanol–water partition coefficient (Wildman–Crippen LogP) is 4.26. The first-order chi connectivity index (χ1) is 8.99. The fraction of sp³-hybridized carbons (Fsp3) is 0.375. The molecule has 1 N–H and O–H groups in total. The van der Waals surface area contributed by atoms with Crippen LogP contribution in [0.25, 0.3) is 0 Å². The molecule has 0 aliphatic carbocycles. The number of halogens is 1. The summed E-state index contributed by atoms with van der Waals surface area (Å²) in [5.74, 6) is 0. The van der Waals surface area contributed by atoms with Crippen molar-refractivity contribution >= 4 is 15.9 Å². The molecule has 0 amide bonds. The van der Waals surface area contributed by atoms with Crippen LogP contribution < -0.4 is 5.32 Å². The molecule has 0 unspecified atom stereocenters. The lowest BCUT2D eigenvalue weighted by Crippen LogP contribution is -2.18. The lowest BCUT2D eigenvalue weighted by Gasteiger charge is -2.14. The van der Waals surface area contributed by atoms with Crippen LogP contribution in [0.1, 0.15) is 35.5 Å². The van der Waals surface area contributed by atoms with E-state index in [0.29, 0.717) is 6.04 Å². The zero-order valence-electron chi connectivity index (χ0n) is 12.0. The van der Waals surface area contributed by atoms with E-state index in [2.05, 4.69) is 84.0 Å². The summed E-state index contributed by atoms with van der Waals surface area (Å²) in [6.45, 7) is 7.43. The molecule has 2 rings (SSSR count). The van der Waals surface area contributed by atoms with Crippen LogP contribution in [0.4, 0.5) is 0 Å². The molecular weight excluding hydrogens is 300 g/mol. The number of rotatable bonds is 4. The van der Waals surface area contributed by atoms with Crippen molar-refractivity contribution in [2.75, 3.05) is 0 Å². The minimum Gasteiger partial charge on any atom is -0.352 e. The molecule has 0 saturated heterocycles. The van der Waals surface area contributed by atoms with E-state index < -0.39 is 0 Å². The molecule has 0 spiro atoms. The van der Waals surface area contributed by atoms with Crippen molar-refractivity contribution in [2.45, 2.75) is 33.4 Å². The second-order valence-electron chi connectivity index (χ2n) is 5.11. The van der Waals surface area contributed by atoms with Gasteiger partial charge in [0, 0.05) is 35.5 Å². The van der Waals surface area contributed by atoms with E-state index in [0.717, 1.165) is 11.0 Å². The van der Waals surface area contributed by atoms with Crippen molar-refractivity contribution in [3.05, 3.63) is 57.3 Å². The Hall–Kier alpha value is -1.06. The predicted molar refractivity (Wildman–Crippen MR) is 84.3 cm³/mol. The van der Waals surface area contributed by atoms with Crippen molar-refractivity contribution in [1.29, 1.82) is 0 Å². The van der Waals surface area contributed by atoms with Crippen molar-refractivity contribution in [3.63, 3.8) is 0 Å². The van der Waals surface area contributed by atoms with Gasteiger partial charge in [-0.15, -0.1) is 0 Å². The average molecular weight is 321 g/mol. The Bertz CT molecular complexity index is 572. The summed E-state index contributed by atoms with van der Waals surface area (Å²) < 4.78 is 3.37. The summed E-state index contributed by atoms with van der Waals surface area (Å²) in [4.78, 5) is 0. The summed E-state index contributed by atoms with van der Waals surface area (Å²) >= 11 is 3.52. The fourth-order valence-electron chi connectivity index (χ4n) is 2.27. The number of hydrogen-bond donors (Lipinski definition) is 1. The number of aryl methyl sites for hydroxylation is 1. The van der Waals surface area contributed by atoms with Gasteiger partial charge in [0.1, 0.15) is 0 Å². The van der Waals surface area contributed by atoms with Crippen LogP contribution in [0.3, 0.4) is 0 Å². The standard InChI is InChI=1S/C16H21BrN2/c1-11-8-15(13(3)19(11)4)10-18-12(2)14-6-5-7-16(17)9-14/h5-9,12,18H,10H2,1-4H3/t12-/m0/s1. The molecule has 3 heteroatoms. The van der Waals surface area contributed by atoms with Gasteiger partial charge in [0.25, 0.3) is 0 Å². The summed E-state index contributed by atoms with van der Waals surface area (Å²) in [7, 11) is 2.12. The van der Waals surface area contributed by atoms with Gasteiger partial charge in [-0.05, 0) is 50.1 Å². The van der Waals surface area contributed by atoms with Crippen LogP contribution in [0.15, 0.2) is 34.8 Å². The Labute approximate surface area is 124 Å². The average Bonchev–Trinajstić information content (AvgIpc) is 2.63. The smallest absolute Gasteiger partial charge is 0.0295 e. The monoisotopic (exact) mass is 320 g/mol. The van der Waals surface area contributed by atoms with Crippen LogP contribution in [0, 0.1) is 13.8 Å². The van der Waals surface area contributed by atoms with E-state index in [4.69, 9.17) is 0 Å². The topological polar surface area (TPSA) is 17.0 Å². The number of benzene rings is 1. The minimum absolute atomic E-state index is 0.345. The fourth-order valence-corrected chi connectivity index (χ4v) is 2.69. The molecule has 0 saturated carbocycles. The molecule has 0 bridgehead atoms. The van der Waals surface area contributed by atoms with Gasteiger partial charge in [-0.3, -0.25) is 0 Å². The Kier molecular flexibility index (Phi) is 4.48. The number of hydrogen-bond acceptors (Lipinski definition) is 1. The van der Waals surface area contributed by atoms with E-state index in [-0.39, 0.29) is 0 Å². The first kappa shape index (κ1) is 14.4. The summed E-state index contributed by atoms with van der Waals surface area (Å²) in [6, 6.07) is 11.1. The molecule has 2 aromatic rings. The molecule has 0 fully saturated rings. The summed E-state index contributed by atoms with van der Waals surface area (Å²) in [6.07, 6.45) is 0. The second-order valence-corrected chi connectivity index (χ2v) is 6.03. The molecule has 0 aliphatic heterocycles. The maximum atomic E-state index is 3.59. The number of nitrogens with zero attached hydrogens (tertiary/aromatic N) is 1. The molecule has 2 nitrogen and oxygen atoms in total. The third-order valence-corrected chi connectivity index (χ3v) is 4.32. The number of nitrogens with one attached hydrogen (secondary N) is 1. The first-order valence-electron chi connectivity index (χ1n) is 6.59. The normalized spacial score (nSPS) is 12.7. The highest BCUT2D eigenvalue weighted by Gasteiger charge is 2.09. The zero-order valence-corrected chi connectivity index (χ0v) is 13.6. The summed E-state index contributed by atoms with van der Waals surface area (Å²) in [5.41, 5.74) is 5.33. The first-order valence-corrected chi connectivity index (χ1v) is 7.39. The Balaban J connectivity index is 2.04. The Morgan fingerprint density at radius 2 is 2.00 bits per heavy atom. The molecule has 102 valence electrons. The van der Waals surface area contributed by atoms with Gasteiger partial charge in [-0.25, -0.2) is 0 Å². The Morgan fingerprint density at radius 1 is 1.26 bits per heavy atom. The molecule has 1 heterocycles. The highest BCUT2D eigenvalue weighted by Crippen LogP contribution is 2.19. The molecule has 19 heavy (non-hydrogen) atoms. The van der Waals surface area contributed by atoms with Crippen LogP contribution >= 0.6 is 15.9 Å². The van der Waals surface area contributed by atoms with Crippen molar-refractivity contribution in [2.24, 2.45) is 7.05 Å². The molecule has 1 aromatic heterocycles. The quantitative estimate of drug-likeness (QED) is 0.890. The highest BCUT2D eigenvalue weighted by atomic mass is 79.9. The van der Waals surface area contributed by atoms with E-state index in [1.165, 1.54) is 22.5 Å². The van der Waals surface area contributed by atoms with Gasteiger partial charge in [0.15, 0.2) is 0 Å². The van der Waals surface area contributed by atoms with Crippen molar-refractivity contribution < 1.29 is 0 Å². The van der Waals surface area contributed by atoms with Crippen LogP contribution in [-0.4, -0.2) is 4.57 Å². The van der Waals surface area contributed by atoms with E-state index in [9.17, 15) is 0 Å². The SMILES string of the molecule is Cc1cc(CN[C@@H](C)c2cccc(Br)c2)c(C)n1C. The van der Waals surface area contributed by atoms with E-state index in [1.54, 1.807) is 0 Å². The van der Waals surface area contributed by atoms with Gasteiger partial charge in [-0.1, -0.05) is 28.1 Å². The van der Waals surface area contributed by atoms with Gasteiger partial charge in [0.2, 0.25) is 0 Å². The largest absolute Gasteiger partial charge is 0.352 e.